The van der Waals surface area contributed by atoms with Gasteiger partial charge in [-0.1, -0.05) is 99.1 Å². The van der Waals surface area contributed by atoms with E-state index in [4.69, 9.17) is 4.74 Å². The molecule has 200 valence electrons. The molecule has 1 aliphatic carbocycles. The van der Waals surface area contributed by atoms with E-state index in [9.17, 15) is 9.59 Å². The second kappa shape index (κ2) is 21.6. The minimum atomic E-state index is -0.177. The molecule has 0 spiro atoms. The Balaban J connectivity index is 2.10. The highest BCUT2D eigenvalue weighted by Gasteiger charge is 2.35. The van der Waals surface area contributed by atoms with Gasteiger partial charge in [0.15, 0.2) is 0 Å². The molecule has 0 atom stereocenters. The van der Waals surface area contributed by atoms with Crippen LogP contribution in [0.5, 0.6) is 0 Å². The van der Waals surface area contributed by atoms with E-state index in [-0.39, 0.29) is 17.3 Å². The van der Waals surface area contributed by atoms with Crippen LogP contribution in [-0.4, -0.2) is 25.5 Å². The highest BCUT2D eigenvalue weighted by atomic mass is 16.5. The zero-order chi connectivity index (χ0) is 26.2. The molecule has 0 aromatic heterocycles. The van der Waals surface area contributed by atoms with Crippen LogP contribution >= 0.6 is 0 Å². The van der Waals surface area contributed by atoms with Gasteiger partial charge in [0.2, 0.25) is 5.91 Å². The van der Waals surface area contributed by atoms with Gasteiger partial charge in [0.1, 0.15) is 0 Å². The molecule has 1 N–H and O–H groups in total. The molecule has 4 heteroatoms. The third-order valence-corrected chi connectivity index (χ3v) is 6.46. The summed E-state index contributed by atoms with van der Waals surface area (Å²) in [7, 11) is 1.43. The van der Waals surface area contributed by atoms with Crippen molar-refractivity contribution in [2.75, 3.05) is 13.7 Å². The highest BCUT2D eigenvalue weighted by Crippen LogP contribution is 2.39. The largest absolute Gasteiger partial charge is 0.469 e. The summed E-state index contributed by atoms with van der Waals surface area (Å²) in [6, 6.07) is 0. The van der Waals surface area contributed by atoms with E-state index in [0.29, 0.717) is 19.4 Å². The molecule has 0 aromatic rings. The van der Waals surface area contributed by atoms with Crippen LogP contribution in [0, 0.1) is 5.41 Å². The molecule has 0 heterocycles. The average molecular weight is 496 g/mol. The summed E-state index contributed by atoms with van der Waals surface area (Å²) in [4.78, 5) is 24.1. The lowest BCUT2D eigenvalue weighted by molar-refractivity contribution is -0.144. The molecule has 0 bridgehead atoms. The number of amides is 1. The number of methoxy groups -OCH3 is 1. The lowest BCUT2D eigenvalue weighted by atomic mass is 9.71. The Bertz CT molecular complexity index is 764. The molecule has 0 aromatic carbocycles. The van der Waals surface area contributed by atoms with E-state index >= 15 is 0 Å². The lowest BCUT2D eigenvalue weighted by Gasteiger charge is -2.36. The van der Waals surface area contributed by atoms with Gasteiger partial charge in [0.25, 0.3) is 0 Å². The van der Waals surface area contributed by atoms with Crippen molar-refractivity contribution in [2.24, 2.45) is 5.41 Å². The Morgan fingerprint density at radius 2 is 1.19 bits per heavy atom. The van der Waals surface area contributed by atoms with Crippen LogP contribution in [-0.2, 0) is 14.3 Å². The second-order valence-corrected chi connectivity index (χ2v) is 9.54. The van der Waals surface area contributed by atoms with Crippen molar-refractivity contribution < 1.29 is 14.3 Å². The van der Waals surface area contributed by atoms with Crippen molar-refractivity contribution in [1.82, 2.24) is 5.32 Å². The van der Waals surface area contributed by atoms with Crippen molar-refractivity contribution in [2.45, 2.75) is 96.8 Å². The van der Waals surface area contributed by atoms with E-state index in [0.717, 1.165) is 70.6 Å². The average Bonchev–Trinajstić information content (AvgIpc) is 2.89. The van der Waals surface area contributed by atoms with Gasteiger partial charge >= 0.3 is 5.97 Å². The predicted octanol–water partition coefficient (Wildman–Crippen LogP) is 8.09. The Labute approximate surface area is 220 Å². The number of rotatable bonds is 18. The van der Waals surface area contributed by atoms with Gasteiger partial charge in [-0.2, -0.15) is 0 Å². The normalized spacial score (nSPS) is 16.4. The maximum Gasteiger partial charge on any atom is 0.306 e. The lowest BCUT2D eigenvalue weighted by Crippen LogP contribution is -2.40. The fraction of sp³-hybridized carbons (Fsp3) is 0.562. The predicted molar refractivity (Wildman–Crippen MR) is 153 cm³/mol. The number of hydrogen-bond donors (Lipinski definition) is 1. The monoisotopic (exact) mass is 495 g/mol. The molecular formula is C32H49NO3. The fourth-order valence-electron chi connectivity index (χ4n) is 4.32. The van der Waals surface area contributed by atoms with E-state index in [1.165, 1.54) is 13.5 Å². The van der Waals surface area contributed by atoms with Crippen LogP contribution in [0.4, 0.5) is 0 Å². The molecule has 1 saturated carbocycles. The molecule has 0 radical (unpaired) electrons. The van der Waals surface area contributed by atoms with E-state index in [2.05, 4.69) is 85.2 Å². The maximum atomic E-state index is 12.3. The van der Waals surface area contributed by atoms with Crippen molar-refractivity contribution in [3.63, 3.8) is 0 Å². The number of carbonyl (C=O) groups is 2. The molecule has 0 saturated heterocycles. The Kier molecular flexibility index (Phi) is 18.9. The first kappa shape index (κ1) is 31.4. The maximum absolute atomic E-state index is 12.3. The Morgan fingerprint density at radius 3 is 1.67 bits per heavy atom. The number of carbonyl (C=O) groups excluding carboxylic acids is 2. The van der Waals surface area contributed by atoms with Gasteiger partial charge in [-0.25, -0.2) is 0 Å². The summed E-state index contributed by atoms with van der Waals surface area (Å²) in [5.41, 5.74) is -0.130. The summed E-state index contributed by atoms with van der Waals surface area (Å²) >= 11 is 0. The third kappa shape index (κ3) is 16.9. The quantitative estimate of drug-likeness (QED) is 0.154. The fourth-order valence-corrected chi connectivity index (χ4v) is 4.32. The Hall–Kier alpha value is -2.62. The SMILES string of the molecule is CCC=CCC=CCC=CCC=CCC=CCC=CCCC(=O)NCC1(CC(=O)OC)CCCCC1. The second-order valence-electron chi connectivity index (χ2n) is 9.54. The smallest absolute Gasteiger partial charge is 0.306 e. The topological polar surface area (TPSA) is 55.4 Å². The molecule has 1 rings (SSSR count). The standard InChI is InChI=1S/C32H49NO3/c1-3-4-5-6-7-8-9-10-11-12-13-14-15-16-17-18-19-20-22-25-30(34)33-29-32(28-31(35)36-2)26-23-21-24-27-32/h4-5,7-8,10-11,13-14,16-17,19-20H,3,6,9,12,15,18,21-29H2,1-2H3,(H,33,34). The van der Waals surface area contributed by atoms with Crippen LogP contribution in [0.25, 0.3) is 0 Å². The van der Waals surface area contributed by atoms with E-state index in [1.54, 1.807) is 0 Å². The number of ether oxygens (including phenoxy) is 1. The summed E-state index contributed by atoms with van der Waals surface area (Å²) in [6.07, 6.45) is 39.1. The number of nitrogens with one attached hydrogen (secondary N) is 1. The van der Waals surface area contributed by atoms with Gasteiger partial charge in [-0.3, -0.25) is 9.59 Å². The highest BCUT2D eigenvalue weighted by molar-refractivity contribution is 5.76. The Morgan fingerprint density at radius 1 is 0.722 bits per heavy atom. The number of esters is 1. The number of hydrogen-bond acceptors (Lipinski definition) is 3. The molecule has 0 unspecified atom stereocenters. The third-order valence-electron chi connectivity index (χ3n) is 6.46. The van der Waals surface area contributed by atoms with Crippen LogP contribution < -0.4 is 5.32 Å². The molecule has 36 heavy (non-hydrogen) atoms. The minimum absolute atomic E-state index is 0.0596. The van der Waals surface area contributed by atoms with Crippen LogP contribution in [0.2, 0.25) is 0 Å². The van der Waals surface area contributed by atoms with Crippen molar-refractivity contribution in [3.8, 4) is 0 Å². The summed E-state index contributed by atoms with van der Waals surface area (Å²) in [5, 5.41) is 3.07. The first-order valence-corrected chi connectivity index (χ1v) is 13.9. The van der Waals surface area contributed by atoms with E-state index < -0.39 is 0 Å². The van der Waals surface area contributed by atoms with Crippen LogP contribution in [0.15, 0.2) is 72.9 Å². The van der Waals surface area contributed by atoms with Gasteiger partial charge in [0, 0.05) is 13.0 Å². The summed E-state index contributed by atoms with van der Waals surface area (Å²) in [6.45, 7) is 2.73. The summed E-state index contributed by atoms with van der Waals surface area (Å²) in [5.74, 6) is -0.117. The molecule has 1 aliphatic rings. The van der Waals surface area contributed by atoms with Crippen molar-refractivity contribution in [3.05, 3.63) is 72.9 Å². The first-order chi connectivity index (χ1) is 17.6. The minimum Gasteiger partial charge on any atom is -0.469 e. The van der Waals surface area contributed by atoms with E-state index in [1.807, 2.05) is 0 Å². The first-order valence-electron chi connectivity index (χ1n) is 13.9. The zero-order valence-electron chi connectivity index (χ0n) is 22.8. The van der Waals surface area contributed by atoms with Crippen LogP contribution in [0.1, 0.15) is 96.8 Å². The molecule has 1 fully saturated rings. The molecule has 1 amide bonds. The summed E-state index contributed by atoms with van der Waals surface area (Å²) < 4.78 is 4.88. The molecular weight excluding hydrogens is 446 g/mol. The van der Waals surface area contributed by atoms with Crippen molar-refractivity contribution >= 4 is 11.9 Å². The zero-order valence-corrected chi connectivity index (χ0v) is 22.8. The number of allylic oxidation sites excluding steroid dienone is 12. The van der Waals surface area contributed by atoms with Gasteiger partial charge in [-0.15, -0.1) is 0 Å². The molecule has 0 aliphatic heterocycles. The molecule has 4 nitrogen and oxygen atoms in total. The van der Waals surface area contributed by atoms with Gasteiger partial charge in [0.05, 0.1) is 13.5 Å². The van der Waals surface area contributed by atoms with Gasteiger partial charge in [-0.05, 0) is 63.2 Å². The van der Waals surface area contributed by atoms with Crippen molar-refractivity contribution in [1.29, 1.82) is 0 Å². The van der Waals surface area contributed by atoms with Crippen LogP contribution in [0.3, 0.4) is 0 Å². The van der Waals surface area contributed by atoms with Gasteiger partial charge < -0.3 is 10.1 Å².